The molecule has 1 atom stereocenters. The summed E-state index contributed by atoms with van der Waals surface area (Å²) in [6, 6.07) is 7.76. The molecule has 1 aliphatic rings. The number of hydrogen-bond acceptors (Lipinski definition) is 5. The van der Waals surface area contributed by atoms with Crippen molar-refractivity contribution in [3.8, 4) is 0 Å². The molecule has 6 heteroatoms. The Morgan fingerprint density at radius 1 is 1.45 bits per heavy atom. The van der Waals surface area contributed by atoms with Gasteiger partial charge in [0, 0.05) is 36.3 Å². The first-order valence-corrected chi connectivity index (χ1v) is 8.17. The van der Waals surface area contributed by atoms with E-state index in [-0.39, 0.29) is 11.9 Å². The van der Waals surface area contributed by atoms with Crippen LogP contribution in [-0.4, -0.2) is 31.0 Å². The maximum absolute atomic E-state index is 12.4. The highest BCUT2D eigenvalue weighted by Crippen LogP contribution is 2.29. The van der Waals surface area contributed by atoms with Gasteiger partial charge in [0.05, 0.1) is 5.69 Å². The molecule has 1 aliphatic carbocycles. The molecule has 1 heterocycles. The number of anilines is 2. The number of nitrogens with one attached hydrogen (secondary N) is 1. The number of carbonyl (C=O) groups is 1. The third-order valence-corrected chi connectivity index (χ3v) is 4.86. The Bertz CT molecular complexity index is 695. The first-order valence-electron chi connectivity index (χ1n) is 7.36. The summed E-state index contributed by atoms with van der Waals surface area (Å²) in [6.07, 6.45) is 2.73. The van der Waals surface area contributed by atoms with E-state index in [0.717, 1.165) is 30.6 Å². The number of rotatable bonds is 3. The molecule has 116 valence electrons. The highest BCUT2D eigenvalue weighted by Gasteiger charge is 2.21. The van der Waals surface area contributed by atoms with Gasteiger partial charge in [-0.1, -0.05) is 6.07 Å². The fourth-order valence-corrected chi connectivity index (χ4v) is 3.64. The summed E-state index contributed by atoms with van der Waals surface area (Å²) in [7, 11) is 3.91. The molecular weight excluding hydrogens is 296 g/mol. The quantitative estimate of drug-likeness (QED) is 0.911. The number of thiazole rings is 1. The van der Waals surface area contributed by atoms with Crippen molar-refractivity contribution in [2.45, 2.75) is 25.3 Å². The second kappa shape index (κ2) is 6.06. The Balaban J connectivity index is 1.76. The summed E-state index contributed by atoms with van der Waals surface area (Å²) in [5.74, 6) is -0.126. The fourth-order valence-electron chi connectivity index (χ4n) is 2.55. The topological polar surface area (TPSA) is 71.2 Å². The fraction of sp³-hybridized carbons (Fsp3) is 0.375. The van der Waals surface area contributed by atoms with Gasteiger partial charge in [-0.05, 0) is 37.5 Å². The number of carbonyl (C=O) groups excluding carboxylic acids is 1. The largest absolute Gasteiger partial charge is 0.378 e. The van der Waals surface area contributed by atoms with E-state index in [0.29, 0.717) is 10.7 Å². The van der Waals surface area contributed by atoms with Gasteiger partial charge >= 0.3 is 0 Å². The van der Waals surface area contributed by atoms with Gasteiger partial charge in [0.25, 0.3) is 5.91 Å². The lowest BCUT2D eigenvalue weighted by Crippen LogP contribution is -2.27. The van der Waals surface area contributed by atoms with E-state index in [9.17, 15) is 4.79 Å². The van der Waals surface area contributed by atoms with Crippen molar-refractivity contribution in [3.63, 3.8) is 0 Å². The summed E-state index contributed by atoms with van der Waals surface area (Å²) in [6.45, 7) is 0. The first-order chi connectivity index (χ1) is 10.5. The molecule has 0 spiro atoms. The van der Waals surface area contributed by atoms with Crippen LogP contribution in [0.5, 0.6) is 0 Å². The van der Waals surface area contributed by atoms with Crippen LogP contribution in [0, 0.1) is 0 Å². The molecule has 3 rings (SSSR count). The molecule has 0 radical (unpaired) electrons. The van der Waals surface area contributed by atoms with E-state index < -0.39 is 0 Å². The third kappa shape index (κ3) is 3.13. The minimum atomic E-state index is -0.126. The highest BCUT2D eigenvalue weighted by molar-refractivity contribution is 7.15. The second-order valence-corrected chi connectivity index (χ2v) is 6.87. The molecule has 3 N–H and O–H groups in total. The van der Waals surface area contributed by atoms with Crippen molar-refractivity contribution in [2.75, 3.05) is 24.3 Å². The SMILES string of the molecule is CN(C)c1cccc(C(=O)Nc2nc3c(s2)C[C@@H](N)CC3)c1. The van der Waals surface area contributed by atoms with E-state index in [1.807, 2.05) is 43.3 Å². The van der Waals surface area contributed by atoms with E-state index >= 15 is 0 Å². The van der Waals surface area contributed by atoms with E-state index in [1.165, 1.54) is 16.2 Å². The van der Waals surface area contributed by atoms with Gasteiger partial charge in [0.2, 0.25) is 0 Å². The summed E-state index contributed by atoms with van der Waals surface area (Å²) < 4.78 is 0. The number of benzene rings is 1. The zero-order chi connectivity index (χ0) is 15.7. The standard InChI is InChI=1S/C16H20N4OS/c1-20(2)12-5-3-4-10(8-12)15(21)19-16-18-13-7-6-11(17)9-14(13)22-16/h3-5,8,11H,6-7,9,17H2,1-2H3,(H,18,19,21)/t11-/m0/s1. The highest BCUT2D eigenvalue weighted by atomic mass is 32.1. The summed E-state index contributed by atoms with van der Waals surface area (Å²) >= 11 is 1.54. The molecule has 2 aromatic rings. The van der Waals surface area contributed by atoms with Crippen LogP contribution >= 0.6 is 11.3 Å². The van der Waals surface area contributed by atoms with Crippen molar-refractivity contribution in [3.05, 3.63) is 40.4 Å². The van der Waals surface area contributed by atoms with Crippen LogP contribution in [0.1, 0.15) is 27.3 Å². The minimum absolute atomic E-state index is 0.126. The van der Waals surface area contributed by atoms with Crippen LogP contribution in [0.2, 0.25) is 0 Å². The summed E-state index contributed by atoms with van der Waals surface area (Å²) in [4.78, 5) is 20.1. The lowest BCUT2D eigenvalue weighted by Gasteiger charge is -2.15. The molecule has 1 amide bonds. The maximum Gasteiger partial charge on any atom is 0.257 e. The normalized spacial score (nSPS) is 17.0. The number of fused-ring (bicyclic) bond motifs is 1. The third-order valence-electron chi connectivity index (χ3n) is 3.82. The Morgan fingerprint density at radius 2 is 2.27 bits per heavy atom. The van der Waals surface area contributed by atoms with Gasteiger partial charge < -0.3 is 10.6 Å². The molecule has 1 aromatic heterocycles. The van der Waals surface area contributed by atoms with Gasteiger partial charge in [0.15, 0.2) is 5.13 Å². The molecule has 5 nitrogen and oxygen atoms in total. The number of nitrogens with zero attached hydrogens (tertiary/aromatic N) is 2. The van der Waals surface area contributed by atoms with Gasteiger partial charge in [-0.3, -0.25) is 10.1 Å². The summed E-state index contributed by atoms with van der Waals surface area (Å²) in [5.41, 5.74) is 8.70. The molecule has 0 bridgehead atoms. The number of hydrogen-bond donors (Lipinski definition) is 2. The van der Waals surface area contributed by atoms with E-state index in [2.05, 4.69) is 10.3 Å². The van der Waals surface area contributed by atoms with Crippen molar-refractivity contribution >= 4 is 28.1 Å². The molecule has 22 heavy (non-hydrogen) atoms. The lowest BCUT2D eigenvalue weighted by molar-refractivity contribution is 0.102. The van der Waals surface area contributed by atoms with Crippen molar-refractivity contribution < 1.29 is 4.79 Å². The van der Waals surface area contributed by atoms with Crippen LogP contribution in [0.15, 0.2) is 24.3 Å². The van der Waals surface area contributed by atoms with Crippen molar-refractivity contribution in [1.29, 1.82) is 0 Å². The van der Waals surface area contributed by atoms with E-state index in [1.54, 1.807) is 0 Å². The number of aryl methyl sites for hydroxylation is 1. The number of amides is 1. The molecular formula is C16H20N4OS. The molecule has 1 aromatic carbocycles. The Kier molecular flexibility index (Phi) is 4.13. The Morgan fingerprint density at radius 3 is 3.05 bits per heavy atom. The van der Waals surface area contributed by atoms with Crippen molar-refractivity contribution in [1.82, 2.24) is 4.98 Å². The van der Waals surface area contributed by atoms with Gasteiger partial charge in [-0.2, -0.15) is 0 Å². The average molecular weight is 316 g/mol. The van der Waals surface area contributed by atoms with Crippen LogP contribution in [0.25, 0.3) is 0 Å². The zero-order valence-corrected chi connectivity index (χ0v) is 13.6. The van der Waals surface area contributed by atoms with Crippen LogP contribution in [0.3, 0.4) is 0 Å². The Labute approximate surface area is 134 Å². The molecule has 0 unspecified atom stereocenters. The van der Waals surface area contributed by atoms with Crippen LogP contribution in [-0.2, 0) is 12.8 Å². The monoisotopic (exact) mass is 316 g/mol. The minimum Gasteiger partial charge on any atom is -0.378 e. The first kappa shape index (κ1) is 15.0. The summed E-state index contributed by atoms with van der Waals surface area (Å²) in [5, 5.41) is 3.57. The predicted molar refractivity (Wildman–Crippen MR) is 90.8 cm³/mol. The predicted octanol–water partition coefficient (Wildman–Crippen LogP) is 2.28. The smallest absolute Gasteiger partial charge is 0.257 e. The van der Waals surface area contributed by atoms with Gasteiger partial charge in [-0.15, -0.1) is 11.3 Å². The molecule has 0 saturated heterocycles. The lowest BCUT2D eigenvalue weighted by atomic mass is 9.99. The Hall–Kier alpha value is -1.92. The van der Waals surface area contributed by atoms with Crippen LogP contribution < -0.4 is 16.0 Å². The zero-order valence-electron chi connectivity index (χ0n) is 12.8. The van der Waals surface area contributed by atoms with Gasteiger partial charge in [-0.25, -0.2) is 4.98 Å². The molecule has 0 saturated carbocycles. The van der Waals surface area contributed by atoms with E-state index in [4.69, 9.17) is 5.73 Å². The second-order valence-electron chi connectivity index (χ2n) is 5.79. The maximum atomic E-state index is 12.4. The van der Waals surface area contributed by atoms with Crippen LogP contribution in [0.4, 0.5) is 10.8 Å². The average Bonchev–Trinajstić information content (AvgIpc) is 2.88. The molecule has 0 aliphatic heterocycles. The van der Waals surface area contributed by atoms with Crippen molar-refractivity contribution in [2.24, 2.45) is 5.73 Å². The number of aromatic nitrogens is 1. The number of nitrogens with two attached hydrogens (primary N) is 1. The molecule has 0 fully saturated rings. The van der Waals surface area contributed by atoms with Gasteiger partial charge in [0.1, 0.15) is 0 Å².